The van der Waals surface area contributed by atoms with E-state index in [9.17, 15) is 9.90 Å². The van der Waals surface area contributed by atoms with E-state index in [1.165, 1.54) is 6.07 Å². The average Bonchev–Trinajstić information content (AvgIpc) is 2.03. The number of hydrogen-bond donors (Lipinski definition) is 1. The maximum absolute atomic E-state index is 10.4. The number of aromatic carboxylic acids is 1. The van der Waals surface area contributed by atoms with E-state index in [2.05, 4.69) is 0 Å². The molecule has 1 aromatic carbocycles. The smallest absolute Gasteiger partial charge is 0.0717 e. The van der Waals surface area contributed by atoms with Crippen LogP contribution in [0, 0.1) is 6.92 Å². The van der Waals surface area contributed by atoms with Crippen LogP contribution in [-0.4, -0.2) is 11.1 Å². The van der Waals surface area contributed by atoms with Crippen molar-refractivity contribution in [2.24, 2.45) is 0 Å². The van der Waals surface area contributed by atoms with E-state index in [0.717, 1.165) is 0 Å². The van der Waals surface area contributed by atoms with Crippen LogP contribution in [0.1, 0.15) is 21.5 Å². The summed E-state index contributed by atoms with van der Waals surface area (Å²) in [6.07, 6.45) is 0. The third-order valence-electron chi connectivity index (χ3n) is 1.69. The van der Waals surface area contributed by atoms with Crippen LogP contribution in [0.2, 0.25) is 0 Å². The number of carboxylic acids is 1. The highest BCUT2D eigenvalue weighted by molar-refractivity contribution is 5.87. The van der Waals surface area contributed by atoms with Gasteiger partial charge in [-0.2, -0.15) is 0 Å². The monoisotopic (exact) mass is 165 g/mol. The van der Waals surface area contributed by atoms with Crippen LogP contribution >= 0.6 is 0 Å². The largest absolute Gasteiger partial charge is 0.545 e. The van der Waals surface area contributed by atoms with E-state index in [4.69, 9.17) is 5.11 Å². The normalized spacial score (nSPS) is 9.83. The summed E-state index contributed by atoms with van der Waals surface area (Å²) in [6.45, 7) is 1.60. The molecule has 0 radical (unpaired) electrons. The maximum Gasteiger partial charge on any atom is 0.0717 e. The summed E-state index contributed by atoms with van der Waals surface area (Å²) in [6, 6.07) is 4.64. The number of carbonyl (C=O) groups is 1. The zero-order valence-corrected chi connectivity index (χ0v) is 6.70. The van der Waals surface area contributed by atoms with Gasteiger partial charge in [-0.1, -0.05) is 18.2 Å². The lowest BCUT2D eigenvalue weighted by Crippen LogP contribution is -2.23. The van der Waals surface area contributed by atoms with Gasteiger partial charge in [0, 0.05) is 5.56 Å². The number of aliphatic hydroxyl groups is 1. The van der Waals surface area contributed by atoms with E-state index in [1.54, 1.807) is 19.1 Å². The molecule has 0 aliphatic rings. The van der Waals surface area contributed by atoms with Gasteiger partial charge in [0.1, 0.15) is 0 Å². The topological polar surface area (TPSA) is 60.4 Å². The van der Waals surface area contributed by atoms with Crippen molar-refractivity contribution in [3.8, 4) is 0 Å². The fraction of sp³-hybridized carbons (Fsp3) is 0.222. The Kier molecular flexibility index (Phi) is 2.45. The van der Waals surface area contributed by atoms with Crippen LogP contribution in [-0.2, 0) is 6.61 Å². The molecule has 0 spiro atoms. The minimum atomic E-state index is -1.18. The van der Waals surface area contributed by atoms with Crippen molar-refractivity contribution >= 4 is 5.97 Å². The second-order valence-corrected chi connectivity index (χ2v) is 2.59. The third-order valence-corrected chi connectivity index (χ3v) is 1.69. The minimum Gasteiger partial charge on any atom is -0.545 e. The van der Waals surface area contributed by atoms with Crippen LogP contribution in [0.25, 0.3) is 0 Å². The van der Waals surface area contributed by atoms with Crippen molar-refractivity contribution in [3.63, 3.8) is 0 Å². The second-order valence-electron chi connectivity index (χ2n) is 2.59. The number of aryl methyl sites for hydroxylation is 1. The molecule has 1 aromatic rings. The molecule has 12 heavy (non-hydrogen) atoms. The van der Waals surface area contributed by atoms with Gasteiger partial charge < -0.3 is 15.0 Å². The number of benzene rings is 1. The molecule has 0 saturated carbocycles. The van der Waals surface area contributed by atoms with E-state index < -0.39 is 5.97 Å². The van der Waals surface area contributed by atoms with E-state index >= 15 is 0 Å². The quantitative estimate of drug-likeness (QED) is 0.663. The summed E-state index contributed by atoms with van der Waals surface area (Å²) < 4.78 is 0. The van der Waals surface area contributed by atoms with Gasteiger partial charge in [0.15, 0.2) is 0 Å². The van der Waals surface area contributed by atoms with Crippen molar-refractivity contribution in [2.75, 3.05) is 0 Å². The van der Waals surface area contributed by atoms with Crippen molar-refractivity contribution in [1.29, 1.82) is 0 Å². The molecule has 3 nitrogen and oxygen atoms in total. The van der Waals surface area contributed by atoms with Crippen LogP contribution in [0.5, 0.6) is 0 Å². The molecule has 0 aliphatic carbocycles. The van der Waals surface area contributed by atoms with Gasteiger partial charge in [-0.15, -0.1) is 0 Å². The van der Waals surface area contributed by atoms with Crippen LogP contribution < -0.4 is 5.11 Å². The lowest BCUT2D eigenvalue weighted by molar-refractivity contribution is -0.255. The molecule has 0 aliphatic heterocycles. The molecule has 3 heteroatoms. The van der Waals surface area contributed by atoms with E-state index in [1.807, 2.05) is 0 Å². The maximum atomic E-state index is 10.4. The first kappa shape index (κ1) is 8.74. The molecule has 0 aromatic heterocycles. The molecule has 1 rings (SSSR count). The Morgan fingerprint density at radius 1 is 1.58 bits per heavy atom. The molecular formula is C9H9O3-. The molecule has 0 bridgehead atoms. The number of carboxylic acid groups (broad SMARTS) is 1. The van der Waals surface area contributed by atoms with Gasteiger partial charge >= 0.3 is 0 Å². The Hall–Kier alpha value is -1.35. The number of hydrogen-bond acceptors (Lipinski definition) is 3. The summed E-state index contributed by atoms with van der Waals surface area (Å²) >= 11 is 0. The van der Waals surface area contributed by atoms with Gasteiger partial charge in [-0.3, -0.25) is 0 Å². The van der Waals surface area contributed by atoms with Crippen molar-refractivity contribution in [3.05, 3.63) is 34.9 Å². The molecule has 64 valence electrons. The molecule has 0 atom stereocenters. The first-order valence-corrected chi connectivity index (χ1v) is 3.57. The zero-order chi connectivity index (χ0) is 9.14. The lowest BCUT2D eigenvalue weighted by atomic mass is 10.1. The Bertz CT molecular complexity index is 305. The van der Waals surface area contributed by atoms with Crippen molar-refractivity contribution < 1.29 is 15.0 Å². The second kappa shape index (κ2) is 3.36. The van der Waals surface area contributed by atoms with Crippen LogP contribution in [0.3, 0.4) is 0 Å². The lowest BCUT2D eigenvalue weighted by Gasteiger charge is -2.07. The Labute approximate surface area is 70.3 Å². The van der Waals surface area contributed by atoms with Crippen LogP contribution in [0.15, 0.2) is 18.2 Å². The first-order chi connectivity index (χ1) is 5.65. The fourth-order valence-electron chi connectivity index (χ4n) is 1.05. The van der Waals surface area contributed by atoms with Crippen LogP contribution in [0.4, 0.5) is 0 Å². The highest BCUT2D eigenvalue weighted by atomic mass is 16.4. The molecule has 0 unspecified atom stereocenters. The van der Waals surface area contributed by atoms with Crippen molar-refractivity contribution in [1.82, 2.24) is 0 Å². The zero-order valence-electron chi connectivity index (χ0n) is 6.70. The summed E-state index contributed by atoms with van der Waals surface area (Å²) in [5.41, 5.74) is 1.49. The number of aliphatic hydroxyl groups excluding tert-OH is 1. The number of carbonyl (C=O) groups excluding carboxylic acids is 1. The first-order valence-electron chi connectivity index (χ1n) is 3.57. The van der Waals surface area contributed by atoms with Gasteiger partial charge in [0.05, 0.1) is 12.6 Å². The number of rotatable bonds is 2. The highest BCUT2D eigenvalue weighted by Gasteiger charge is 1.99. The molecule has 0 amide bonds. The third kappa shape index (κ3) is 1.62. The fourth-order valence-corrected chi connectivity index (χ4v) is 1.05. The molecule has 0 fully saturated rings. The predicted octanol–water partition coefficient (Wildman–Crippen LogP) is -0.149. The predicted molar refractivity (Wildman–Crippen MR) is 41.4 cm³/mol. The summed E-state index contributed by atoms with van der Waals surface area (Å²) in [5, 5.41) is 19.2. The summed E-state index contributed by atoms with van der Waals surface area (Å²) in [4.78, 5) is 10.4. The van der Waals surface area contributed by atoms with Crippen molar-refractivity contribution in [2.45, 2.75) is 13.5 Å². The summed E-state index contributed by atoms with van der Waals surface area (Å²) in [5.74, 6) is -1.18. The van der Waals surface area contributed by atoms with Gasteiger partial charge in [-0.25, -0.2) is 0 Å². The van der Waals surface area contributed by atoms with E-state index in [0.29, 0.717) is 11.1 Å². The highest BCUT2D eigenvalue weighted by Crippen LogP contribution is 2.09. The Morgan fingerprint density at radius 3 is 2.67 bits per heavy atom. The molecule has 0 heterocycles. The molecule has 0 saturated heterocycles. The van der Waals surface area contributed by atoms with E-state index in [-0.39, 0.29) is 12.2 Å². The standard InChI is InChI=1S/C9H10O3/c1-6-4-7(5-10)2-3-8(6)9(11)12/h2-4,10H,5H2,1H3,(H,11,12)/p-1. The summed E-state index contributed by atoms with van der Waals surface area (Å²) in [7, 11) is 0. The molecule has 1 N–H and O–H groups in total. The van der Waals surface area contributed by atoms with Gasteiger partial charge in [-0.05, 0) is 18.1 Å². The average molecular weight is 165 g/mol. The SMILES string of the molecule is Cc1cc(CO)ccc1C(=O)[O-]. The molecular weight excluding hydrogens is 156 g/mol. The Morgan fingerprint density at radius 2 is 2.25 bits per heavy atom. The Balaban J connectivity index is 3.12. The van der Waals surface area contributed by atoms with Gasteiger partial charge in [0.25, 0.3) is 0 Å². The van der Waals surface area contributed by atoms with Gasteiger partial charge in [0.2, 0.25) is 0 Å². The minimum absolute atomic E-state index is 0.0752.